The van der Waals surface area contributed by atoms with Crippen molar-refractivity contribution in [2.24, 2.45) is 0 Å². The summed E-state index contributed by atoms with van der Waals surface area (Å²) in [7, 11) is 0. The molecule has 88 valence electrons. The summed E-state index contributed by atoms with van der Waals surface area (Å²) in [5.74, 6) is -0.176. The fourth-order valence-electron chi connectivity index (χ4n) is 1.59. The fraction of sp³-hybridized carbons (Fsp3) is 0.250. The van der Waals surface area contributed by atoms with Crippen LogP contribution in [0.25, 0.3) is 0 Å². The van der Waals surface area contributed by atoms with E-state index in [0.29, 0.717) is 5.56 Å². The number of carbonyl (C=O) groups is 1. The van der Waals surface area contributed by atoms with Gasteiger partial charge in [0.05, 0.1) is 23.1 Å². The van der Waals surface area contributed by atoms with Gasteiger partial charge in [-0.15, -0.1) is 0 Å². The number of carbonyl (C=O) groups excluding carboxylic acids is 1. The largest absolute Gasteiger partial charge is 0.320 e. The molecule has 1 amide bonds. The zero-order valence-electron chi connectivity index (χ0n) is 10.0. The number of H-pyrrole nitrogens is 1. The van der Waals surface area contributed by atoms with Crippen LogP contribution in [0.3, 0.4) is 0 Å². The highest BCUT2D eigenvalue weighted by atomic mass is 16.1. The molecule has 0 saturated carbocycles. The van der Waals surface area contributed by atoms with Crippen molar-refractivity contribution in [3.05, 3.63) is 41.0 Å². The quantitative estimate of drug-likeness (QED) is 0.828. The molecule has 2 N–H and O–H groups in total. The summed E-state index contributed by atoms with van der Waals surface area (Å²) < 4.78 is 0. The molecule has 5 heteroatoms. The molecule has 5 nitrogen and oxygen atoms in total. The van der Waals surface area contributed by atoms with Gasteiger partial charge in [0.1, 0.15) is 0 Å². The molecule has 0 radical (unpaired) electrons. The Morgan fingerprint density at radius 1 is 1.29 bits per heavy atom. The third-order valence-corrected chi connectivity index (χ3v) is 2.55. The number of hydrogen-bond donors (Lipinski definition) is 2. The second-order valence-electron chi connectivity index (χ2n) is 3.95. The molecule has 2 heterocycles. The first-order valence-corrected chi connectivity index (χ1v) is 5.33. The molecular formula is C12H14N4O. The van der Waals surface area contributed by atoms with Crippen LogP contribution in [0.15, 0.2) is 18.3 Å². The van der Waals surface area contributed by atoms with E-state index >= 15 is 0 Å². The highest BCUT2D eigenvalue weighted by Gasteiger charge is 2.12. The summed E-state index contributed by atoms with van der Waals surface area (Å²) in [4.78, 5) is 16.2. The van der Waals surface area contributed by atoms with Gasteiger partial charge >= 0.3 is 0 Å². The van der Waals surface area contributed by atoms with Crippen LogP contribution in [0, 0.1) is 20.8 Å². The molecule has 17 heavy (non-hydrogen) atoms. The van der Waals surface area contributed by atoms with Crippen LogP contribution < -0.4 is 5.32 Å². The normalized spacial score (nSPS) is 10.3. The average Bonchev–Trinajstić information content (AvgIpc) is 2.68. The van der Waals surface area contributed by atoms with Gasteiger partial charge in [0.25, 0.3) is 5.91 Å². The zero-order chi connectivity index (χ0) is 12.4. The van der Waals surface area contributed by atoms with Crippen LogP contribution in [-0.4, -0.2) is 21.1 Å². The third-order valence-electron chi connectivity index (χ3n) is 2.55. The minimum Gasteiger partial charge on any atom is -0.320 e. The summed E-state index contributed by atoms with van der Waals surface area (Å²) >= 11 is 0. The predicted molar refractivity (Wildman–Crippen MR) is 65.0 cm³/mol. The molecule has 0 aromatic carbocycles. The highest BCUT2D eigenvalue weighted by molar-refractivity contribution is 6.05. The minimum atomic E-state index is -0.176. The van der Waals surface area contributed by atoms with Crippen molar-refractivity contribution in [3.8, 4) is 0 Å². The molecule has 0 aliphatic rings. The second-order valence-corrected chi connectivity index (χ2v) is 3.95. The Morgan fingerprint density at radius 2 is 2.06 bits per heavy atom. The van der Waals surface area contributed by atoms with E-state index in [2.05, 4.69) is 20.5 Å². The van der Waals surface area contributed by atoms with Gasteiger partial charge in [-0.25, -0.2) is 0 Å². The summed E-state index contributed by atoms with van der Waals surface area (Å²) in [6.07, 6.45) is 1.52. The molecule has 0 aliphatic heterocycles. The van der Waals surface area contributed by atoms with Gasteiger partial charge in [-0.2, -0.15) is 5.10 Å². The van der Waals surface area contributed by atoms with Crippen LogP contribution in [0.4, 0.5) is 5.69 Å². The van der Waals surface area contributed by atoms with Crippen molar-refractivity contribution in [1.29, 1.82) is 0 Å². The van der Waals surface area contributed by atoms with Gasteiger partial charge in [-0.3, -0.25) is 14.9 Å². The summed E-state index contributed by atoms with van der Waals surface area (Å²) in [5.41, 5.74) is 3.76. The summed E-state index contributed by atoms with van der Waals surface area (Å²) in [6.45, 7) is 5.59. The van der Waals surface area contributed by atoms with Crippen LogP contribution in [0.5, 0.6) is 0 Å². The maximum atomic E-state index is 11.9. The maximum absolute atomic E-state index is 11.9. The number of hydrogen-bond acceptors (Lipinski definition) is 3. The number of aromatic amines is 1. The van der Waals surface area contributed by atoms with E-state index in [-0.39, 0.29) is 5.91 Å². The lowest BCUT2D eigenvalue weighted by atomic mass is 10.2. The third kappa shape index (κ3) is 2.33. The molecule has 0 saturated heterocycles. The Balaban J connectivity index is 2.22. The molecular weight excluding hydrogens is 216 g/mol. The molecule has 0 atom stereocenters. The van der Waals surface area contributed by atoms with Crippen molar-refractivity contribution >= 4 is 11.6 Å². The number of nitrogens with one attached hydrogen (secondary N) is 2. The van der Waals surface area contributed by atoms with Gasteiger partial charge in [0, 0.05) is 11.4 Å². The van der Waals surface area contributed by atoms with Crippen LogP contribution >= 0.6 is 0 Å². The topological polar surface area (TPSA) is 70.7 Å². The molecule has 0 unspecified atom stereocenters. The van der Waals surface area contributed by atoms with E-state index in [1.165, 1.54) is 6.20 Å². The Morgan fingerprint density at radius 3 is 2.65 bits per heavy atom. The standard InChI is InChI=1S/C12H14N4O/c1-7-4-5-11(9(3)14-7)15-12(17)10-6-13-16-8(10)2/h4-6H,1-3H3,(H,13,16)(H,15,17). The first kappa shape index (κ1) is 11.3. The van der Waals surface area contributed by atoms with Crippen molar-refractivity contribution < 1.29 is 4.79 Å². The highest BCUT2D eigenvalue weighted by Crippen LogP contribution is 2.14. The van der Waals surface area contributed by atoms with Crippen LogP contribution in [0.2, 0.25) is 0 Å². The van der Waals surface area contributed by atoms with Gasteiger partial charge in [-0.05, 0) is 32.9 Å². The van der Waals surface area contributed by atoms with Gasteiger partial charge in [0.2, 0.25) is 0 Å². The zero-order valence-corrected chi connectivity index (χ0v) is 10.0. The molecule has 2 rings (SSSR count). The van der Waals surface area contributed by atoms with Crippen molar-refractivity contribution in [3.63, 3.8) is 0 Å². The Hall–Kier alpha value is -2.17. The van der Waals surface area contributed by atoms with Gasteiger partial charge < -0.3 is 5.32 Å². The molecule has 0 aliphatic carbocycles. The van der Waals surface area contributed by atoms with E-state index in [1.54, 1.807) is 0 Å². The lowest BCUT2D eigenvalue weighted by molar-refractivity contribution is 0.102. The lowest BCUT2D eigenvalue weighted by Gasteiger charge is -2.07. The Kier molecular flexibility index (Phi) is 2.91. The van der Waals surface area contributed by atoms with E-state index in [0.717, 1.165) is 22.8 Å². The molecule has 0 fully saturated rings. The number of pyridine rings is 1. The first-order valence-electron chi connectivity index (χ1n) is 5.33. The number of anilines is 1. The van der Waals surface area contributed by atoms with Gasteiger partial charge in [-0.1, -0.05) is 0 Å². The van der Waals surface area contributed by atoms with Crippen molar-refractivity contribution in [2.45, 2.75) is 20.8 Å². The number of nitrogens with zero attached hydrogens (tertiary/aromatic N) is 2. The number of aromatic nitrogens is 3. The molecule has 0 bridgehead atoms. The van der Waals surface area contributed by atoms with Crippen LogP contribution in [0.1, 0.15) is 27.4 Å². The monoisotopic (exact) mass is 230 g/mol. The Bertz CT molecular complexity index is 559. The van der Waals surface area contributed by atoms with E-state index in [1.807, 2.05) is 32.9 Å². The minimum absolute atomic E-state index is 0.176. The number of aryl methyl sites for hydroxylation is 3. The SMILES string of the molecule is Cc1ccc(NC(=O)c2cn[nH]c2C)c(C)n1. The fourth-order valence-corrected chi connectivity index (χ4v) is 1.59. The maximum Gasteiger partial charge on any atom is 0.259 e. The van der Waals surface area contributed by atoms with E-state index < -0.39 is 0 Å². The van der Waals surface area contributed by atoms with E-state index in [4.69, 9.17) is 0 Å². The van der Waals surface area contributed by atoms with Crippen LogP contribution in [-0.2, 0) is 0 Å². The predicted octanol–water partition coefficient (Wildman–Crippen LogP) is 1.98. The van der Waals surface area contributed by atoms with E-state index in [9.17, 15) is 4.79 Å². The summed E-state index contributed by atoms with van der Waals surface area (Å²) in [6, 6.07) is 3.72. The summed E-state index contributed by atoms with van der Waals surface area (Å²) in [5, 5.41) is 9.37. The average molecular weight is 230 g/mol. The first-order chi connectivity index (χ1) is 8.08. The lowest BCUT2D eigenvalue weighted by Crippen LogP contribution is -2.13. The number of rotatable bonds is 2. The smallest absolute Gasteiger partial charge is 0.259 e. The number of amides is 1. The molecule has 2 aromatic heterocycles. The van der Waals surface area contributed by atoms with Crippen molar-refractivity contribution in [2.75, 3.05) is 5.32 Å². The molecule has 0 spiro atoms. The Labute approximate surface area is 99.3 Å². The van der Waals surface area contributed by atoms with Gasteiger partial charge in [0.15, 0.2) is 0 Å². The second kappa shape index (κ2) is 4.37. The van der Waals surface area contributed by atoms with Crippen molar-refractivity contribution in [1.82, 2.24) is 15.2 Å². The molecule has 2 aromatic rings.